The van der Waals surface area contributed by atoms with Crippen LogP contribution in [0.3, 0.4) is 0 Å². The maximum atomic E-state index is 10.6. The second-order valence-corrected chi connectivity index (χ2v) is 2.13. The van der Waals surface area contributed by atoms with Crippen molar-refractivity contribution in [2.45, 2.75) is 26.7 Å². The van der Waals surface area contributed by atoms with Crippen LogP contribution in [0, 0.1) is 13.0 Å². The van der Waals surface area contributed by atoms with Crippen LogP contribution in [-0.2, 0) is 9.53 Å². The van der Waals surface area contributed by atoms with Crippen LogP contribution in [0.4, 0.5) is 0 Å². The summed E-state index contributed by atoms with van der Waals surface area (Å²) in [6.07, 6.45) is 1.83. The molecule has 0 aromatic rings. The molecule has 0 aliphatic rings. The van der Waals surface area contributed by atoms with Gasteiger partial charge in [-0.25, -0.2) is 0 Å². The largest absolute Gasteiger partial charge is 0.454 e. The smallest absolute Gasteiger partial charge is 0.309 e. The normalized spacial score (nSPS) is 12.8. The Kier molecular flexibility index (Phi) is 4.10. The van der Waals surface area contributed by atoms with Gasteiger partial charge in [0.25, 0.3) is 0 Å². The lowest BCUT2D eigenvalue weighted by Gasteiger charge is -2.04. The Bertz CT molecular complexity index is 88.9. The second-order valence-electron chi connectivity index (χ2n) is 2.13. The Morgan fingerprint density at radius 1 is 1.78 bits per heavy atom. The fraction of sp³-hybridized carbons (Fsp3) is 0.714. The van der Waals surface area contributed by atoms with E-state index in [4.69, 9.17) is 0 Å². The summed E-state index contributed by atoms with van der Waals surface area (Å²) < 4.78 is 4.03. The molecule has 2 radical (unpaired) electrons. The molecule has 0 aromatic heterocycles. The van der Waals surface area contributed by atoms with Crippen LogP contribution < -0.4 is 0 Å². The van der Waals surface area contributed by atoms with Crippen LogP contribution >= 0.6 is 0 Å². The topological polar surface area (TPSA) is 26.3 Å². The lowest BCUT2D eigenvalue weighted by atomic mass is 10.1. The fourth-order valence-electron chi connectivity index (χ4n) is 0.667. The maximum Gasteiger partial charge on any atom is 0.309 e. The minimum atomic E-state index is -0.322. The summed E-state index contributed by atoms with van der Waals surface area (Å²) in [6, 6.07) is 0. The van der Waals surface area contributed by atoms with Crippen molar-refractivity contribution in [3.63, 3.8) is 0 Å². The van der Waals surface area contributed by atoms with Crippen molar-refractivity contribution in [1.82, 2.24) is 0 Å². The van der Waals surface area contributed by atoms with E-state index >= 15 is 0 Å². The maximum absolute atomic E-state index is 10.6. The first kappa shape index (κ1) is 8.47. The Morgan fingerprint density at radius 2 is 2.33 bits per heavy atom. The Morgan fingerprint density at radius 3 is 2.67 bits per heavy atom. The van der Waals surface area contributed by atoms with Gasteiger partial charge in [0.2, 0.25) is 0 Å². The number of carbonyl (C=O) groups excluding carboxylic acids is 1. The van der Waals surface area contributed by atoms with Gasteiger partial charge < -0.3 is 4.74 Å². The van der Waals surface area contributed by atoms with Gasteiger partial charge in [-0.1, -0.05) is 20.3 Å². The van der Waals surface area contributed by atoms with Crippen molar-refractivity contribution in [3.05, 3.63) is 7.11 Å². The average Bonchev–Trinajstić information content (AvgIpc) is 1.87. The molecule has 9 heavy (non-hydrogen) atoms. The van der Waals surface area contributed by atoms with Gasteiger partial charge >= 0.3 is 5.97 Å². The summed E-state index contributed by atoms with van der Waals surface area (Å²) in [4.78, 5) is 10.6. The van der Waals surface area contributed by atoms with E-state index in [1.54, 1.807) is 6.92 Å². The highest BCUT2D eigenvalue weighted by Gasteiger charge is 2.10. The average molecular weight is 128 g/mol. The third-order valence-corrected chi connectivity index (χ3v) is 1.24. The number of ether oxygens (including phenoxy) is 1. The monoisotopic (exact) mass is 128 g/mol. The molecule has 2 nitrogen and oxygen atoms in total. The van der Waals surface area contributed by atoms with E-state index < -0.39 is 0 Å². The van der Waals surface area contributed by atoms with Gasteiger partial charge in [0.05, 0.1) is 5.92 Å². The molecule has 0 rings (SSSR count). The number of hydrogen-bond acceptors (Lipinski definition) is 2. The van der Waals surface area contributed by atoms with E-state index in [2.05, 4.69) is 11.8 Å². The van der Waals surface area contributed by atoms with Gasteiger partial charge in [-0.05, 0) is 6.42 Å². The van der Waals surface area contributed by atoms with Crippen molar-refractivity contribution in [2.75, 3.05) is 0 Å². The summed E-state index contributed by atoms with van der Waals surface area (Å²) in [7, 11) is 4.65. The predicted molar refractivity (Wildman–Crippen MR) is 34.5 cm³/mol. The molecule has 0 spiro atoms. The summed E-state index contributed by atoms with van der Waals surface area (Å²) in [5.74, 6) is -0.378. The molecule has 52 valence electrons. The van der Waals surface area contributed by atoms with Gasteiger partial charge in [-0.15, -0.1) is 0 Å². The fourth-order valence-corrected chi connectivity index (χ4v) is 0.667. The Balaban J connectivity index is 3.45. The van der Waals surface area contributed by atoms with E-state index in [1.165, 1.54) is 0 Å². The van der Waals surface area contributed by atoms with E-state index in [9.17, 15) is 4.79 Å². The molecular weight excluding hydrogens is 116 g/mol. The molecule has 0 aliphatic heterocycles. The van der Waals surface area contributed by atoms with E-state index in [1.807, 2.05) is 6.92 Å². The zero-order valence-electron chi connectivity index (χ0n) is 5.89. The molecule has 0 saturated carbocycles. The zero-order chi connectivity index (χ0) is 7.28. The Labute approximate surface area is 56.2 Å². The highest BCUT2D eigenvalue weighted by Crippen LogP contribution is 2.05. The minimum Gasteiger partial charge on any atom is -0.454 e. The Hall–Kier alpha value is -0.530. The van der Waals surface area contributed by atoms with Gasteiger partial charge in [-0.2, -0.15) is 0 Å². The standard InChI is InChI=1S/C7H12O2/c1-4-5-6(2)7(8)9-3/h3,6H,4-5H2,1-2H3. The van der Waals surface area contributed by atoms with Crippen molar-refractivity contribution >= 4 is 5.97 Å². The quantitative estimate of drug-likeness (QED) is 0.540. The lowest BCUT2D eigenvalue weighted by molar-refractivity contribution is -0.142. The van der Waals surface area contributed by atoms with Crippen molar-refractivity contribution in [3.8, 4) is 0 Å². The zero-order valence-corrected chi connectivity index (χ0v) is 5.89. The van der Waals surface area contributed by atoms with Gasteiger partial charge in [0.1, 0.15) is 0 Å². The van der Waals surface area contributed by atoms with Gasteiger partial charge in [0, 0.05) is 0 Å². The molecule has 1 unspecified atom stereocenters. The molecule has 0 saturated heterocycles. The van der Waals surface area contributed by atoms with Gasteiger partial charge in [0.15, 0.2) is 7.11 Å². The third-order valence-electron chi connectivity index (χ3n) is 1.24. The van der Waals surface area contributed by atoms with Crippen molar-refractivity contribution in [2.24, 2.45) is 5.92 Å². The number of carbonyl (C=O) groups is 1. The SMILES string of the molecule is [CH]OC(=O)C(C)CCC. The van der Waals surface area contributed by atoms with E-state index in [0.717, 1.165) is 12.8 Å². The van der Waals surface area contributed by atoms with E-state index in [0.29, 0.717) is 0 Å². The van der Waals surface area contributed by atoms with Crippen LogP contribution in [0.5, 0.6) is 0 Å². The second kappa shape index (κ2) is 4.36. The van der Waals surface area contributed by atoms with Crippen molar-refractivity contribution in [1.29, 1.82) is 0 Å². The molecule has 0 amide bonds. The highest BCUT2D eigenvalue weighted by atomic mass is 16.5. The molecule has 0 aromatic carbocycles. The molecule has 1 atom stereocenters. The molecule has 2 heteroatoms. The highest BCUT2D eigenvalue weighted by molar-refractivity contribution is 5.71. The van der Waals surface area contributed by atoms with E-state index in [-0.39, 0.29) is 11.9 Å². The van der Waals surface area contributed by atoms with Crippen LogP contribution in [0.15, 0.2) is 0 Å². The first-order chi connectivity index (χ1) is 4.22. The van der Waals surface area contributed by atoms with Crippen LogP contribution in [0.25, 0.3) is 0 Å². The first-order valence-electron chi connectivity index (χ1n) is 3.13. The molecular formula is C7H12O2. The molecule has 0 N–H and O–H groups in total. The van der Waals surface area contributed by atoms with Crippen LogP contribution in [0.1, 0.15) is 26.7 Å². The summed E-state index contributed by atoms with van der Waals surface area (Å²) in [6.45, 7) is 3.82. The van der Waals surface area contributed by atoms with Gasteiger partial charge in [-0.3, -0.25) is 4.79 Å². The number of hydrogen-bond donors (Lipinski definition) is 0. The summed E-state index contributed by atoms with van der Waals surface area (Å²) in [5.41, 5.74) is 0. The minimum absolute atomic E-state index is 0.0556. The molecule has 0 heterocycles. The van der Waals surface area contributed by atoms with Crippen LogP contribution in [-0.4, -0.2) is 5.97 Å². The molecule has 0 bridgehead atoms. The lowest BCUT2D eigenvalue weighted by Crippen LogP contribution is -2.10. The third kappa shape index (κ3) is 3.12. The van der Waals surface area contributed by atoms with Crippen LogP contribution in [0.2, 0.25) is 0 Å². The number of rotatable bonds is 3. The summed E-state index contributed by atoms with van der Waals surface area (Å²) >= 11 is 0. The first-order valence-corrected chi connectivity index (χ1v) is 3.13. The molecule has 0 fully saturated rings. The molecule has 0 aliphatic carbocycles. The summed E-state index contributed by atoms with van der Waals surface area (Å²) in [5, 5.41) is 0. The van der Waals surface area contributed by atoms with Crippen molar-refractivity contribution < 1.29 is 9.53 Å². The number of esters is 1. The predicted octanol–water partition coefficient (Wildman–Crippen LogP) is 1.63.